The van der Waals surface area contributed by atoms with E-state index in [1.54, 1.807) is 0 Å². The van der Waals surface area contributed by atoms with Gasteiger partial charge in [-0.2, -0.15) is 0 Å². The van der Waals surface area contributed by atoms with Crippen molar-refractivity contribution in [2.24, 2.45) is 5.92 Å². The highest BCUT2D eigenvalue weighted by Crippen LogP contribution is 2.36. The Morgan fingerprint density at radius 2 is 1.86 bits per heavy atom. The first kappa shape index (κ1) is 16.0. The smallest absolute Gasteiger partial charge is 0.0338 e. The summed E-state index contributed by atoms with van der Waals surface area (Å²) in [6, 6.07) is 11.7. The Bertz CT molecular complexity index is 448. The second-order valence-electron chi connectivity index (χ2n) is 7.86. The van der Waals surface area contributed by atoms with Crippen LogP contribution < -0.4 is 5.32 Å². The minimum Gasteiger partial charge on any atom is -0.311 e. The van der Waals surface area contributed by atoms with Gasteiger partial charge in [0.2, 0.25) is 0 Å². The summed E-state index contributed by atoms with van der Waals surface area (Å²) in [5.74, 6) is 0.775. The van der Waals surface area contributed by atoms with Crippen molar-refractivity contribution in [2.45, 2.75) is 70.5 Å². The molecule has 2 aliphatic rings. The Morgan fingerprint density at radius 1 is 1.14 bits per heavy atom. The van der Waals surface area contributed by atoms with E-state index in [1.807, 2.05) is 0 Å². The molecule has 1 N–H and O–H groups in total. The first-order valence-electron chi connectivity index (χ1n) is 9.20. The third-order valence-electron chi connectivity index (χ3n) is 5.59. The summed E-state index contributed by atoms with van der Waals surface area (Å²) in [6.07, 6.45) is 8.28. The molecule has 0 amide bonds. The molecule has 2 fully saturated rings. The van der Waals surface area contributed by atoms with Crippen LogP contribution in [0.3, 0.4) is 0 Å². The number of nitrogens with one attached hydrogen (secondary N) is 1. The van der Waals surface area contributed by atoms with Gasteiger partial charge in [0.05, 0.1) is 0 Å². The molecule has 1 aromatic rings. The number of piperazine rings is 1. The molecule has 1 aliphatic heterocycles. The maximum Gasteiger partial charge on any atom is 0.0338 e. The highest BCUT2D eigenvalue weighted by Gasteiger charge is 2.41. The molecule has 1 atom stereocenters. The van der Waals surface area contributed by atoms with Gasteiger partial charge in [-0.3, -0.25) is 4.90 Å². The van der Waals surface area contributed by atoms with Crippen LogP contribution in [0, 0.1) is 5.92 Å². The van der Waals surface area contributed by atoms with E-state index in [2.05, 4.69) is 54.4 Å². The molecule has 2 heteroatoms. The van der Waals surface area contributed by atoms with Gasteiger partial charge in [0.25, 0.3) is 0 Å². The lowest BCUT2D eigenvalue weighted by Crippen LogP contribution is -2.64. The Kier molecular flexibility index (Phi) is 5.20. The summed E-state index contributed by atoms with van der Waals surface area (Å²) < 4.78 is 0. The largest absolute Gasteiger partial charge is 0.311 e. The Balaban J connectivity index is 1.74. The monoisotopic (exact) mass is 300 g/mol. The molecule has 3 rings (SSSR count). The second-order valence-corrected chi connectivity index (χ2v) is 7.86. The van der Waals surface area contributed by atoms with E-state index in [0.29, 0.717) is 11.6 Å². The fraction of sp³-hybridized carbons (Fsp3) is 0.700. The average Bonchev–Trinajstić information content (AvgIpc) is 2.52. The SMILES string of the molecule is CC(C)CC1CN(Cc2ccccc2)C2(CCCCC2)CN1. The van der Waals surface area contributed by atoms with Crippen molar-refractivity contribution >= 4 is 0 Å². The first-order chi connectivity index (χ1) is 10.7. The van der Waals surface area contributed by atoms with Crippen LogP contribution in [0.2, 0.25) is 0 Å². The third-order valence-corrected chi connectivity index (χ3v) is 5.59. The zero-order valence-electron chi connectivity index (χ0n) is 14.4. The minimum atomic E-state index is 0.418. The topological polar surface area (TPSA) is 15.3 Å². The quantitative estimate of drug-likeness (QED) is 0.896. The van der Waals surface area contributed by atoms with E-state index in [0.717, 1.165) is 12.5 Å². The number of nitrogens with zero attached hydrogens (tertiary/aromatic N) is 1. The van der Waals surface area contributed by atoms with Crippen LogP contribution in [-0.2, 0) is 6.54 Å². The molecule has 1 unspecified atom stereocenters. The van der Waals surface area contributed by atoms with E-state index in [4.69, 9.17) is 0 Å². The molecule has 1 aliphatic carbocycles. The van der Waals surface area contributed by atoms with Crippen molar-refractivity contribution in [1.29, 1.82) is 0 Å². The van der Waals surface area contributed by atoms with Crippen LogP contribution >= 0.6 is 0 Å². The van der Waals surface area contributed by atoms with Gasteiger partial charge in [-0.05, 0) is 30.7 Å². The molecule has 1 spiro atoms. The van der Waals surface area contributed by atoms with Gasteiger partial charge < -0.3 is 5.32 Å². The van der Waals surface area contributed by atoms with Crippen molar-refractivity contribution < 1.29 is 0 Å². The van der Waals surface area contributed by atoms with Crippen LogP contribution in [-0.4, -0.2) is 29.6 Å². The lowest BCUT2D eigenvalue weighted by atomic mass is 9.77. The van der Waals surface area contributed by atoms with E-state index in [-0.39, 0.29) is 0 Å². The number of hydrogen-bond acceptors (Lipinski definition) is 2. The molecule has 1 saturated carbocycles. The predicted octanol–water partition coefficient (Wildman–Crippen LogP) is 4.21. The summed E-state index contributed by atoms with van der Waals surface area (Å²) in [4.78, 5) is 2.82. The summed E-state index contributed by atoms with van der Waals surface area (Å²) in [5.41, 5.74) is 1.89. The molecule has 0 bridgehead atoms. The fourth-order valence-corrected chi connectivity index (χ4v) is 4.44. The summed E-state index contributed by atoms with van der Waals surface area (Å²) >= 11 is 0. The van der Waals surface area contributed by atoms with E-state index in [1.165, 1.54) is 57.2 Å². The molecule has 122 valence electrons. The Hall–Kier alpha value is -0.860. The van der Waals surface area contributed by atoms with Gasteiger partial charge in [-0.25, -0.2) is 0 Å². The molecule has 0 aromatic heterocycles. The molecule has 2 nitrogen and oxygen atoms in total. The zero-order chi connectivity index (χ0) is 15.4. The molecule has 22 heavy (non-hydrogen) atoms. The van der Waals surface area contributed by atoms with Crippen molar-refractivity contribution in [1.82, 2.24) is 10.2 Å². The van der Waals surface area contributed by atoms with E-state index < -0.39 is 0 Å². The average molecular weight is 300 g/mol. The lowest BCUT2D eigenvalue weighted by molar-refractivity contribution is 0.000133. The molecular weight excluding hydrogens is 268 g/mol. The standard InChI is InChI=1S/C20H32N2/c1-17(2)13-19-15-22(14-18-9-5-3-6-10-18)20(16-21-19)11-7-4-8-12-20/h3,5-6,9-10,17,19,21H,4,7-8,11-16H2,1-2H3. The summed E-state index contributed by atoms with van der Waals surface area (Å²) in [7, 11) is 0. The van der Waals surface area contributed by atoms with Crippen molar-refractivity contribution in [3.8, 4) is 0 Å². The second kappa shape index (κ2) is 7.14. The number of hydrogen-bond donors (Lipinski definition) is 1. The number of rotatable bonds is 4. The number of benzene rings is 1. The van der Waals surface area contributed by atoms with E-state index in [9.17, 15) is 0 Å². The Labute approximate surface area is 136 Å². The van der Waals surface area contributed by atoms with Crippen LogP contribution in [0.15, 0.2) is 30.3 Å². The molecule has 1 aromatic carbocycles. The highest BCUT2D eigenvalue weighted by molar-refractivity contribution is 5.16. The van der Waals surface area contributed by atoms with Gasteiger partial charge in [-0.15, -0.1) is 0 Å². The molecule has 1 saturated heterocycles. The van der Waals surface area contributed by atoms with Crippen molar-refractivity contribution in [2.75, 3.05) is 13.1 Å². The summed E-state index contributed by atoms with van der Waals surface area (Å²) in [6.45, 7) is 8.21. The minimum absolute atomic E-state index is 0.418. The molecule has 1 heterocycles. The van der Waals surface area contributed by atoms with Gasteiger partial charge in [0, 0.05) is 31.2 Å². The zero-order valence-corrected chi connectivity index (χ0v) is 14.4. The third kappa shape index (κ3) is 3.72. The van der Waals surface area contributed by atoms with Gasteiger partial charge in [0.15, 0.2) is 0 Å². The van der Waals surface area contributed by atoms with Gasteiger partial charge in [-0.1, -0.05) is 63.4 Å². The van der Waals surface area contributed by atoms with Crippen molar-refractivity contribution in [3.05, 3.63) is 35.9 Å². The van der Waals surface area contributed by atoms with Crippen LogP contribution in [0.4, 0.5) is 0 Å². The van der Waals surface area contributed by atoms with E-state index >= 15 is 0 Å². The molecule has 0 radical (unpaired) electrons. The van der Waals surface area contributed by atoms with Crippen LogP contribution in [0.5, 0.6) is 0 Å². The van der Waals surface area contributed by atoms with Crippen LogP contribution in [0.1, 0.15) is 57.9 Å². The summed E-state index contributed by atoms with van der Waals surface area (Å²) in [5, 5.41) is 3.89. The fourth-order valence-electron chi connectivity index (χ4n) is 4.44. The lowest BCUT2D eigenvalue weighted by Gasteiger charge is -2.52. The normalized spacial score (nSPS) is 25.7. The maximum atomic E-state index is 3.89. The first-order valence-corrected chi connectivity index (χ1v) is 9.20. The Morgan fingerprint density at radius 3 is 2.55 bits per heavy atom. The molecular formula is C20H32N2. The van der Waals surface area contributed by atoms with Crippen molar-refractivity contribution in [3.63, 3.8) is 0 Å². The predicted molar refractivity (Wildman–Crippen MR) is 93.9 cm³/mol. The highest BCUT2D eigenvalue weighted by atomic mass is 15.3. The van der Waals surface area contributed by atoms with Gasteiger partial charge >= 0.3 is 0 Å². The van der Waals surface area contributed by atoms with Crippen LogP contribution in [0.25, 0.3) is 0 Å². The van der Waals surface area contributed by atoms with Gasteiger partial charge in [0.1, 0.15) is 0 Å². The maximum absolute atomic E-state index is 3.89.